The quantitative estimate of drug-likeness (QED) is 0.657. The van der Waals surface area contributed by atoms with Gasteiger partial charge in [0.25, 0.3) is 0 Å². The molecule has 2 N–H and O–H groups in total. The second-order valence-corrected chi connectivity index (χ2v) is 9.13. The van der Waals surface area contributed by atoms with E-state index in [1.54, 1.807) is 36.3 Å². The number of benzene rings is 2. The minimum absolute atomic E-state index is 0.126. The van der Waals surface area contributed by atoms with Gasteiger partial charge < -0.3 is 25.2 Å². The van der Waals surface area contributed by atoms with Crippen LogP contribution >= 0.6 is 11.6 Å². The summed E-state index contributed by atoms with van der Waals surface area (Å²) in [5.74, 6) is -0.156. The first kappa shape index (κ1) is 24.0. The smallest absolute Gasteiger partial charge is 0.322 e. The van der Waals surface area contributed by atoms with Crippen LogP contribution in [0.3, 0.4) is 0 Å². The molecular formula is C25H29ClN4O4. The van der Waals surface area contributed by atoms with Crippen LogP contribution in [0.1, 0.15) is 31.2 Å². The Hall–Kier alpha value is -3.10. The molecule has 180 valence electrons. The Morgan fingerprint density at radius 1 is 1.09 bits per heavy atom. The number of amides is 4. The van der Waals surface area contributed by atoms with Crippen molar-refractivity contribution < 1.29 is 19.1 Å². The summed E-state index contributed by atoms with van der Waals surface area (Å²) < 4.78 is 5.45. The number of likely N-dealkylation sites (tertiary alicyclic amines) is 1. The van der Waals surface area contributed by atoms with Gasteiger partial charge in [-0.05, 0) is 67.8 Å². The second kappa shape index (κ2) is 10.4. The van der Waals surface area contributed by atoms with E-state index < -0.39 is 6.04 Å². The standard InChI is InChI=1S/C25H29ClN4O4/c1-16-13-19(29-12-4-3-5-23(29)31)10-11-21(16)28-24(32)22-14-20(34-2)15-30(22)25(33)27-18-8-6-17(26)7-9-18/h6-11,13,20,22H,3-5,12,14-15H2,1-2H3,(H,27,33)(H,28,32). The minimum atomic E-state index is -0.681. The van der Waals surface area contributed by atoms with E-state index in [9.17, 15) is 14.4 Å². The molecule has 0 bridgehead atoms. The zero-order valence-corrected chi connectivity index (χ0v) is 20.1. The molecule has 2 fully saturated rings. The molecule has 0 spiro atoms. The highest BCUT2D eigenvalue weighted by molar-refractivity contribution is 6.30. The fourth-order valence-electron chi connectivity index (χ4n) is 4.42. The number of rotatable bonds is 5. The number of carbonyl (C=O) groups is 3. The highest BCUT2D eigenvalue weighted by Gasteiger charge is 2.40. The monoisotopic (exact) mass is 484 g/mol. The lowest BCUT2D eigenvalue weighted by Gasteiger charge is -2.28. The second-order valence-electron chi connectivity index (χ2n) is 8.69. The molecule has 2 atom stereocenters. The largest absolute Gasteiger partial charge is 0.380 e. The summed E-state index contributed by atoms with van der Waals surface area (Å²) in [6.45, 7) is 2.91. The van der Waals surface area contributed by atoms with Gasteiger partial charge in [0.1, 0.15) is 6.04 Å². The van der Waals surface area contributed by atoms with Crippen molar-refractivity contribution in [3.8, 4) is 0 Å². The number of piperidine rings is 1. The molecule has 0 radical (unpaired) electrons. The maximum absolute atomic E-state index is 13.2. The van der Waals surface area contributed by atoms with Crippen molar-refractivity contribution in [1.29, 1.82) is 0 Å². The molecule has 2 aromatic carbocycles. The van der Waals surface area contributed by atoms with E-state index in [0.29, 0.717) is 42.3 Å². The van der Waals surface area contributed by atoms with Gasteiger partial charge in [0.15, 0.2) is 0 Å². The van der Waals surface area contributed by atoms with Crippen LogP contribution in [-0.4, -0.2) is 55.1 Å². The number of nitrogens with one attached hydrogen (secondary N) is 2. The van der Waals surface area contributed by atoms with Crippen molar-refractivity contribution in [2.45, 2.75) is 44.8 Å². The summed E-state index contributed by atoms with van der Waals surface area (Å²) in [5.41, 5.74) is 2.93. The van der Waals surface area contributed by atoms with E-state index in [2.05, 4.69) is 10.6 Å². The van der Waals surface area contributed by atoms with Crippen LogP contribution in [0.25, 0.3) is 0 Å². The number of nitrogens with zero attached hydrogens (tertiary/aromatic N) is 2. The molecule has 0 aromatic heterocycles. The number of anilines is 3. The lowest BCUT2D eigenvalue weighted by molar-refractivity contribution is -0.120. The van der Waals surface area contributed by atoms with Gasteiger partial charge in [0.05, 0.1) is 6.10 Å². The van der Waals surface area contributed by atoms with E-state index in [1.807, 2.05) is 25.1 Å². The third-order valence-corrected chi connectivity index (χ3v) is 6.61. The van der Waals surface area contributed by atoms with Crippen LogP contribution < -0.4 is 15.5 Å². The molecule has 8 nitrogen and oxygen atoms in total. The molecule has 2 aromatic rings. The van der Waals surface area contributed by atoms with Gasteiger partial charge in [0.2, 0.25) is 11.8 Å². The van der Waals surface area contributed by atoms with Gasteiger partial charge in [-0.2, -0.15) is 0 Å². The third kappa shape index (κ3) is 5.34. The zero-order valence-electron chi connectivity index (χ0n) is 19.3. The molecule has 2 aliphatic heterocycles. The Balaban J connectivity index is 1.46. The normalized spacial score (nSPS) is 20.4. The molecule has 2 heterocycles. The maximum atomic E-state index is 13.2. The lowest BCUT2D eigenvalue weighted by atomic mass is 10.1. The fourth-order valence-corrected chi connectivity index (χ4v) is 4.55. The Kier molecular flexibility index (Phi) is 7.38. The van der Waals surface area contributed by atoms with Gasteiger partial charge in [-0.15, -0.1) is 0 Å². The first-order valence-electron chi connectivity index (χ1n) is 11.4. The average molecular weight is 485 g/mol. The van der Waals surface area contributed by atoms with Gasteiger partial charge in [-0.25, -0.2) is 4.79 Å². The number of methoxy groups -OCH3 is 1. The Bertz CT molecular complexity index is 1080. The van der Waals surface area contributed by atoms with E-state index in [0.717, 1.165) is 24.1 Å². The molecule has 34 heavy (non-hydrogen) atoms. The molecule has 2 unspecified atom stereocenters. The third-order valence-electron chi connectivity index (χ3n) is 6.36. The van der Waals surface area contributed by atoms with Crippen molar-refractivity contribution in [2.24, 2.45) is 0 Å². The highest BCUT2D eigenvalue weighted by atomic mass is 35.5. The van der Waals surface area contributed by atoms with Gasteiger partial charge in [0, 0.05) is 55.1 Å². The Morgan fingerprint density at radius 3 is 2.53 bits per heavy atom. The van der Waals surface area contributed by atoms with Crippen molar-refractivity contribution in [1.82, 2.24) is 4.90 Å². The number of halogens is 1. The van der Waals surface area contributed by atoms with E-state index in [-0.39, 0.29) is 23.9 Å². The first-order chi connectivity index (χ1) is 16.4. The van der Waals surface area contributed by atoms with Crippen molar-refractivity contribution >= 4 is 46.5 Å². The predicted molar refractivity (Wildman–Crippen MR) is 132 cm³/mol. The summed E-state index contributed by atoms with van der Waals surface area (Å²) >= 11 is 5.92. The Labute approximate surface area is 204 Å². The van der Waals surface area contributed by atoms with Crippen LogP contribution in [0, 0.1) is 6.92 Å². The topological polar surface area (TPSA) is 91.0 Å². The van der Waals surface area contributed by atoms with Crippen LogP contribution in [0.4, 0.5) is 21.9 Å². The molecule has 9 heteroatoms. The summed E-state index contributed by atoms with van der Waals surface area (Å²) in [6.07, 6.45) is 2.64. The first-order valence-corrected chi connectivity index (χ1v) is 11.8. The van der Waals surface area contributed by atoms with Crippen LogP contribution in [0.2, 0.25) is 5.02 Å². The van der Waals surface area contributed by atoms with Crippen LogP contribution in [-0.2, 0) is 14.3 Å². The number of ether oxygens (including phenoxy) is 1. The molecular weight excluding hydrogens is 456 g/mol. The molecule has 2 saturated heterocycles. The molecule has 4 amide bonds. The molecule has 0 saturated carbocycles. The number of aryl methyl sites for hydroxylation is 1. The summed E-state index contributed by atoms with van der Waals surface area (Å²) in [4.78, 5) is 41.7. The van der Waals surface area contributed by atoms with E-state index >= 15 is 0 Å². The minimum Gasteiger partial charge on any atom is -0.380 e. The van der Waals surface area contributed by atoms with Crippen LogP contribution in [0.15, 0.2) is 42.5 Å². The average Bonchev–Trinajstić information content (AvgIpc) is 3.27. The summed E-state index contributed by atoms with van der Waals surface area (Å²) in [6, 6.07) is 11.3. The van der Waals surface area contributed by atoms with Crippen molar-refractivity contribution in [3.05, 3.63) is 53.1 Å². The fraction of sp³-hybridized carbons (Fsp3) is 0.400. The summed E-state index contributed by atoms with van der Waals surface area (Å²) in [7, 11) is 1.57. The number of urea groups is 1. The molecule has 0 aliphatic carbocycles. The summed E-state index contributed by atoms with van der Waals surface area (Å²) in [5, 5.41) is 6.35. The van der Waals surface area contributed by atoms with Crippen LogP contribution in [0.5, 0.6) is 0 Å². The zero-order chi connectivity index (χ0) is 24.2. The predicted octanol–water partition coefficient (Wildman–Crippen LogP) is 4.43. The van der Waals surface area contributed by atoms with Gasteiger partial charge >= 0.3 is 6.03 Å². The lowest BCUT2D eigenvalue weighted by Crippen LogP contribution is -2.45. The molecule has 2 aliphatic rings. The van der Waals surface area contributed by atoms with Gasteiger partial charge in [-0.1, -0.05) is 11.6 Å². The van der Waals surface area contributed by atoms with Crippen molar-refractivity contribution in [3.63, 3.8) is 0 Å². The van der Waals surface area contributed by atoms with Crippen molar-refractivity contribution in [2.75, 3.05) is 35.7 Å². The number of hydrogen-bond acceptors (Lipinski definition) is 4. The molecule has 4 rings (SSSR count). The van der Waals surface area contributed by atoms with E-state index in [1.165, 1.54) is 4.90 Å². The SMILES string of the molecule is COC1CC(C(=O)Nc2ccc(N3CCCCC3=O)cc2C)N(C(=O)Nc2ccc(Cl)cc2)C1. The highest BCUT2D eigenvalue weighted by Crippen LogP contribution is 2.28. The number of hydrogen-bond donors (Lipinski definition) is 2. The van der Waals surface area contributed by atoms with Gasteiger partial charge in [-0.3, -0.25) is 9.59 Å². The Morgan fingerprint density at radius 2 is 1.85 bits per heavy atom. The maximum Gasteiger partial charge on any atom is 0.322 e. The number of carbonyl (C=O) groups excluding carboxylic acids is 3. The van der Waals surface area contributed by atoms with E-state index in [4.69, 9.17) is 16.3 Å².